The van der Waals surface area contributed by atoms with Gasteiger partial charge in [0.2, 0.25) is 5.12 Å². The summed E-state index contributed by atoms with van der Waals surface area (Å²) >= 11 is 2.68. The van der Waals surface area contributed by atoms with Crippen LogP contribution in [-0.2, 0) is 0 Å². The maximum Gasteiger partial charge on any atom is 0.224 e. The van der Waals surface area contributed by atoms with Gasteiger partial charge in [0, 0.05) is 11.8 Å². The van der Waals surface area contributed by atoms with Crippen LogP contribution < -0.4 is 0 Å². The van der Waals surface area contributed by atoms with Gasteiger partial charge in [0.25, 0.3) is 0 Å². The van der Waals surface area contributed by atoms with E-state index in [-0.39, 0.29) is 5.12 Å². The third-order valence-electron chi connectivity index (χ3n) is 3.27. The zero-order valence-electron chi connectivity index (χ0n) is 11.8. The van der Waals surface area contributed by atoms with Crippen LogP contribution in [0.2, 0.25) is 0 Å². The maximum absolute atomic E-state index is 12.5. The van der Waals surface area contributed by atoms with Gasteiger partial charge in [0.1, 0.15) is 11.8 Å². The molecule has 0 bridgehead atoms. The number of nitriles is 1. The van der Waals surface area contributed by atoms with Gasteiger partial charge < -0.3 is 4.40 Å². The first-order valence-electron chi connectivity index (χ1n) is 6.60. The zero-order valence-corrected chi connectivity index (χ0v) is 13.4. The highest BCUT2D eigenvalue weighted by molar-refractivity contribution is 8.14. The van der Waals surface area contributed by atoms with Crippen LogP contribution in [0, 0.1) is 11.3 Å². The van der Waals surface area contributed by atoms with Gasteiger partial charge in [-0.1, -0.05) is 36.4 Å². The lowest BCUT2D eigenvalue weighted by atomic mass is 10.2. The molecule has 0 fully saturated rings. The Balaban J connectivity index is 2.11. The minimum Gasteiger partial charge on any atom is -0.306 e. The van der Waals surface area contributed by atoms with Crippen LogP contribution in [0.1, 0.15) is 16.1 Å². The fourth-order valence-electron chi connectivity index (χ4n) is 2.27. The van der Waals surface area contributed by atoms with Crippen molar-refractivity contribution in [2.75, 3.05) is 6.26 Å². The van der Waals surface area contributed by atoms with E-state index in [9.17, 15) is 10.1 Å². The van der Waals surface area contributed by atoms with Crippen molar-refractivity contribution in [1.82, 2.24) is 4.40 Å². The number of aromatic nitrogens is 1. The van der Waals surface area contributed by atoms with Gasteiger partial charge in [-0.3, -0.25) is 4.79 Å². The molecule has 5 heteroatoms. The molecule has 1 aromatic carbocycles. The second kappa shape index (κ2) is 6.30. The molecule has 2 heterocycles. The summed E-state index contributed by atoms with van der Waals surface area (Å²) in [5, 5.41) is 9.42. The second-order valence-corrected chi connectivity index (χ2v) is 6.33. The highest BCUT2D eigenvalue weighted by Crippen LogP contribution is 2.39. The Labute approximate surface area is 137 Å². The van der Waals surface area contributed by atoms with Crippen LogP contribution in [0.25, 0.3) is 5.52 Å². The van der Waals surface area contributed by atoms with E-state index >= 15 is 0 Å². The monoisotopic (exact) mass is 324 g/mol. The molecule has 0 aliphatic rings. The van der Waals surface area contributed by atoms with Crippen molar-refractivity contribution in [3.63, 3.8) is 0 Å². The summed E-state index contributed by atoms with van der Waals surface area (Å²) in [5.74, 6) is 0. The predicted octanol–water partition coefficient (Wildman–Crippen LogP) is 4.47. The van der Waals surface area contributed by atoms with Crippen LogP contribution in [0.3, 0.4) is 0 Å². The molecule has 3 rings (SSSR count). The van der Waals surface area contributed by atoms with Gasteiger partial charge in [-0.05, 0) is 30.2 Å². The lowest BCUT2D eigenvalue weighted by Gasteiger charge is -2.02. The molecule has 3 nitrogen and oxygen atoms in total. The Morgan fingerprint density at radius 3 is 2.50 bits per heavy atom. The first-order valence-corrected chi connectivity index (χ1v) is 8.64. The highest BCUT2D eigenvalue weighted by Gasteiger charge is 2.20. The number of thioether (sulfide) groups is 2. The first-order chi connectivity index (χ1) is 10.8. The van der Waals surface area contributed by atoms with Crippen molar-refractivity contribution in [2.45, 2.75) is 9.79 Å². The molecular weight excluding hydrogens is 312 g/mol. The molecular formula is C17H12N2OS2. The normalized spacial score (nSPS) is 10.5. The predicted molar refractivity (Wildman–Crippen MR) is 90.5 cm³/mol. The number of carbonyl (C=O) groups excluding carboxylic acids is 1. The Hall–Kier alpha value is -2.16. The molecule has 0 aliphatic carbocycles. The third kappa shape index (κ3) is 2.52. The van der Waals surface area contributed by atoms with Crippen LogP contribution in [0.15, 0.2) is 64.5 Å². The van der Waals surface area contributed by atoms with E-state index in [1.165, 1.54) is 23.5 Å². The third-order valence-corrected chi connectivity index (χ3v) is 5.24. The quantitative estimate of drug-likeness (QED) is 0.667. The van der Waals surface area contributed by atoms with Gasteiger partial charge in [-0.2, -0.15) is 5.26 Å². The lowest BCUT2D eigenvalue weighted by molar-refractivity contribution is 0.108. The number of hydrogen-bond acceptors (Lipinski definition) is 4. The standard InChI is InChI=1S/C17H12N2OS2/c1-21-15-14(11-18)19-10-6-5-9-13(19)16(15)22-17(20)12-7-3-2-4-8-12/h2-10H,1H3. The van der Waals surface area contributed by atoms with Crippen LogP contribution in [-0.4, -0.2) is 15.8 Å². The zero-order chi connectivity index (χ0) is 15.5. The van der Waals surface area contributed by atoms with Gasteiger partial charge in [0.15, 0.2) is 0 Å². The Morgan fingerprint density at radius 2 is 1.82 bits per heavy atom. The van der Waals surface area contributed by atoms with Crippen molar-refractivity contribution >= 4 is 34.2 Å². The highest BCUT2D eigenvalue weighted by atomic mass is 32.2. The molecule has 0 spiro atoms. The summed E-state index contributed by atoms with van der Waals surface area (Å²) in [4.78, 5) is 14.2. The fourth-order valence-corrected chi connectivity index (χ4v) is 4.18. The van der Waals surface area contributed by atoms with Crippen molar-refractivity contribution in [3.8, 4) is 6.07 Å². The largest absolute Gasteiger partial charge is 0.306 e. The van der Waals surface area contributed by atoms with Crippen LogP contribution in [0.5, 0.6) is 0 Å². The molecule has 22 heavy (non-hydrogen) atoms. The molecule has 0 atom stereocenters. The Kier molecular flexibility index (Phi) is 4.23. The van der Waals surface area contributed by atoms with E-state index in [2.05, 4.69) is 6.07 Å². The number of hydrogen-bond donors (Lipinski definition) is 0. The fraction of sp³-hybridized carbons (Fsp3) is 0.0588. The van der Waals surface area contributed by atoms with Crippen molar-refractivity contribution < 1.29 is 4.79 Å². The summed E-state index contributed by atoms with van der Waals surface area (Å²) in [5.41, 5.74) is 2.12. The summed E-state index contributed by atoms with van der Waals surface area (Å²) in [6, 6.07) is 17.2. The number of pyridine rings is 1. The molecule has 3 aromatic rings. The number of carbonyl (C=O) groups is 1. The molecule has 0 saturated carbocycles. The molecule has 0 saturated heterocycles. The molecule has 0 radical (unpaired) electrons. The molecule has 0 amide bonds. The SMILES string of the molecule is CSc1c(SC(=O)c2ccccc2)c2ccccn2c1C#N. The average Bonchev–Trinajstić information content (AvgIpc) is 2.88. The maximum atomic E-state index is 12.5. The van der Waals surface area contributed by atoms with Gasteiger partial charge in [-0.15, -0.1) is 11.8 Å². The summed E-state index contributed by atoms with van der Waals surface area (Å²) in [6.45, 7) is 0. The van der Waals surface area contributed by atoms with E-state index < -0.39 is 0 Å². The first kappa shape index (κ1) is 14.8. The van der Waals surface area contributed by atoms with Crippen molar-refractivity contribution in [2.24, 2.45) is 0 Å². The molecule has 0 N–H and O–H groups in total. The van der Waals surface area contributed by atoms with E-state index in [0.29, 0.717) is 11.3 Å². The van der Waals surface area contributed by atoms with E-state index in [4.69, 9.17) is 0 Å². The molecule has 2 aromatic heterocycles. The number of rotatable bonds is 3. The summed E-state index contributed by atoms with van der Waals surface area (Å²) < 4.78 is 1.84. The molecule has 108 valence electrons. The Morgan fingerprint density at radius 1 is 1.09 bits per heavy atom. The molecule has 0 unspecified atom stereocenters. The Bertz CT molecular complexity index is 879. The second-order valence-electron chi connectivity index (χ2n) is 4.53. The number of benzene rings is 1. The van der Waals surface area contributed by atoms with E-state index in [1.54, 1.807) is 12.1 Å². The van der Waals surface area contributed by atoms with Crippen LogP contribution in [0.4, 0.5) is 0 Å². The average molecular weight is 324 g/mol. The summed E-state index contributed by atoms with van der Waals surface area (Å²) in [6.07, 6.45) is 3.78. The summed E-state index contributed by atoms with van der Waals surface area (Å²) in [7, 11) is 0. The van der Waals surface area contributed by atoms with Gasteiger partial charge >= 0.3 is 0 Å². The van der Waals surface area contributed by atoms with E-state index in [1.807, 2.05) is 53.3 Å². The minimum absolute atomic E-state index is 0.0169. The van der Waals surface area contributed by atoms with Crippen molar-refractivity contribution in [3.05, 3.63) is 66.0 Å². The molecule has 0 aliphatic heterocycles. The van der Waals surface area contributed by atoms with Gasteiger partial charge in [-0.25, -0.2) is 0 Å². The lowest BCUT2D eigenvalue weighted by Crippen LogP contribution is -1.92. The topological polar surface area (TPSA) is 45.3 Å². The van der Waals surface area contributed by atoms with Gasteiger partial charge in [0.05, 0.1) is 15.3 Å². The van der Waals surface area contributed by atoms with E-state index in [0.717, 1.165) is 15.3 Å². The number of fused-ring (bicyclic) bond motifs is 1. The minimum atomic E-state index is -0.0169. The van der Waals surface area contributed by atoms with Crippen molar-refractivity contribution in [1.29, 1.82) is 5.26 Å². The smallest absolute Gasteiger partial charge is 0.224 e. The van der Waals surface area contributed by atoms with Crippen LogP contribution >= 0.6 is 23.5 Å². The number of nitrogens with zero attached hydrogens (tertiary/aromatic N) is 2.